The molecule has 1 N–H and O–H groups in total. The third-order valence-electron chi connectivity index (χ3n) is 2.40. The first kappa shape index (κ1) is 14.2. The zero-order valence-electron chi connectivity index (χ0n) is 9.84. The lowest BCUT2D eigenvalue weighted by Crippen LogP contribution is -2.15. The van der Waals surface area contributed by atoms with E-state index in [2.05, 4.69) is 10.3 Å². The third kappa shape index (κ3) is 2.87. The van der Waals surface area contributed by atoms with E-state index in [9.17, 15) is 14.9 Å². The Balaban J connectivity index is 2.36. The van der Waals surface area contributed by atoms with Crippen molar-refractivity contribution in [1.82, 2.24) is 4.98 Å². The summed E-state index contributed by atoms with van der Waals surface area (Å²) in [6.45, 7) is 0. The zero-order chi connectivity index (χ0) is 14.7. The van der Waals surface area contributed by atoms with Gasteiger partial charge in [0.25, 0.3) is 5.91 Å². The highest BCUT2D eigenvalue weighted by molar-refractivity contribution is 6.40. The second kappa shape index (κ2) is 5.85. The minimum atomic E-state index is -0.664. The third-order valence-corrected chi connectivity index (χ3v) is 3.03. The van der Waals surface area contributed by atoms with Gasteiger partial charge >= 0.3 is 5.69 Å². The van der Waals surface area contributed by atoms with E-state index >= 15 is 0 Å². The smallest absolute Gasteiger partial charge is 0.301 e. The Morgan fingerprint density at radius 3 is 2.45 bits per heavy atom. The highest BCUT2D eigenvalue weighted by Gasteiger charge is 2.20. The average Bonchev–Trinajstić information content (AvgIpc) is 2.38. The molecule has 0 aliphatic rings. The van der Waals surface area contributed by atoms with E-state index in [0.29, 0.717) is 0 Å². The van der Waals surface area contributed by atoms with Gasteiger partial charge in [-0.15, -0.1) is 0 Å². The fourth-order valence-corrected chi connectivity index (χ4v) is 2.09. The molecule has 6 nitrogen and oxygen atoms in total. The molecule has 0 spiro atoms. The monoisotopic (exact) mass is 311 g/mol. The van der Waals surface area contributed by atoms with Crippen molar-refractivity contribution in [2.24, 2.45) is 0 Å². The van der Waals surface area contributed by atoms with Crippen LogP contribution < -0.4 is 5.32 Å². The van der Waals surface area contributed by atoms with Gasteiger partial charge in [-0.2, -0.15) is 0 Å². The van der Waals surface area contributed by atoms with Crippen molar-refractivity contribution in [3.05, 3.63) is 62.3 Å². The second-order valence-corrected chi connectivity index (χ2v) is 4.49. The Morgan fingerprint density at radius 2 is 1.85 bits per heavy atom. The minimum absolute atomic E-state index is 0.0378. The summed E-state index contributed by atoms with van der Waals surface area (Å²) in [7, 11) is 0. The molecule has 0 fully saturated rings. The first-order valence-electron chi connectivity index (χ1n) is 5.35. The number of nitrogens with zero attached hydrogens (tertiary/aromatic N) is 2. The van der Waals surface area contributed by atoms with Crippen molar-refractivity contribution in [2.75, 3.05) is 5.32 Å². The molecule has 2 rings (SSSR count). The topological polar surface area (TPSA) is 85.1 Å². The maximum absolute atomic E-state index is 12.1. The van der Waals surface area contributed by atoms with Crippen LogP contribution in [0.25, 0.3) is 0 Å². The van der Waals surface area contributed by atoms with E-state index in [1.54, 1.807) is 6.07 Å². The SMILES string of the molecule is O=C(Nc1ncccc1[N+](=O)[O-])c1c(Cl)cccc1Cl. The van der Waals surface area contributed by atoms with Gasteiger partial charge in [0.1, 0.15) is 0 Å². The van der Waals surface area contributed by atoms with Gasteiger partial charge in [0, 0.05) is 12.3 Å². The highest BCUT2D eigenvalue weighted by atomic mass is 35.5. The lowest BCUT2D eigenvalue weighted by atomic mass is 10.2. The number of aromatic nitrogens is 1. The number of carbonyl (C=O) groups is 1. The number of anilines is 1. The fraction of sp³-hybridized carbons (Fsp3) is 0. The van der Waals surface area contributed by atoms with Crippen LogP contribution in [0.2, 0.25) is 10.0 Å². The number of amides is 1. The molecule has 0 atom stereocenters. The molecule has 1 heterocycles. The molecular formula is C12H7Cl2N3O3. The van der Waals surface area contributed by atoms with Crippen LogP contribution in [0.5, 0.6) is 0 Å². The lowest BCUT2D eigenvalue weighted by molar-refractivity contribution is -0.384. The molecule has 0 radical (unpaired) electrons. The Kier molecular flexibility index (Phi) is 4.16. The molecule has 1 amide bonds. The molecular weight excluding hydrogens is 305 g/mol. The molecule has 0 aliphatic carbocycles. The molecule has 1 aromatic carbocycles. The average molecular weight is 312 g/mol. The molecule has 8 heteroatoms. The van der Waals surface area contributed by atoms with E-state index in [0.717, 1.165) is 0 Å². The zero-order valence-corrected chi connectivity index (χ0v) is 11.4. The number of rotatable bonds is 3. The molecule has 0 unspecified atom stereocenters. The van der Waals surface area contributed by atoms with Gasteiger partial charge in [-0.05, 0) is 18.2 Å². The number of hydrogen-bond acceptors (Lipinski definition) is 4. The van der Waals surface area contributed by atoms with Crippen LogP contribution in [0, 0.1) is 10.1 Å². The normalized spacial score (nSPS) is 10.1. The van der Waals surface area contributed by atoms with Crippen molar-refractivity contribution in [2.45, 2.75) is 0 Å². The van der Waals surface area contributed by atoms with Gasteiger partial charge in [-0.3, -0.25) is 14.9 Å². The van der Waals surface area contributed by atoms with Crippen LogP contribution in [0.15, 0.2) is 36.5 Å². The minimum Gasteiger partial charge on any atom is -0.301 e. The van der Waals surface area contributed by atoms with Crippen LogP contribution in [-0.4, -0.2) is 15.8 Å². The summed E-state index contributed by atoms with van der Waals surface area (Å²) in [6, 6.07) is 7.21. The predicted octanol–water partition coefficient (Wildman–Crippen LogP) is 3.55. The maximum atomic E-state index is 12.1. The summed E-state index contributed by atoms with van der Waals surface area (Å²) in [5.41, 5.74) is -0.278. The van der Waals surface area contributed by atoms with Crippen molar-refractivity contribution in [3.8, 4) is 0 Å². The van der Waals surface area contributed by atoms with Gasteiger partial charge in [-0.1, -0.05) is 29.3 Å². The second-order valence-electron chi connectivity index (χ2n) is 3.68. The fourth-order valence-electron chi connectivity index (χ4n) is 1.53. The molecule has 0 saturated carbocycles. The van der Waals surface area contributed by atoms with Gasteiger partial charge in [0.2, 0.25) is 5.82 Å². The summed E-state index contributed by atoms with van der Waals surface area (Å²) >= 11 is 11.8. The van der Waals surface area contributed by atoms with E-state index in [4.69, 9.17) is 23.2 Å². The Hall–Kier alpha value is -2.18. The molecule has 2 aromatic rings. The van der Waals surface area contributed by atoms with E-state index in [1.165, 1.54) is 30.5 Å². The summed E-state index contributed by atoms with van der Waals surface area (Å²) in [5, 5.41) is 13.5. The number of halogens is 2. The van der Waals surface area contributed by atoms with Gasteiger partial charge < -0.3 is 5.32 Å². The van der Waals surface area contributed by atoms with Crippen molar-refractivity contribution in [1.29, 1.82) is 0 Å². The lowest BCUT2D eigenvalue weighted by Gasteiger charge is -2.07. The number of benzene rings is 1. The van der Waals surface area contributed by atoms with E-state index in [-0.39, 0.29) is 27.1 Å². The molecule has 1 aromatic heterocycles. The van der Waals surface area contributed by atoms with Crippen molar-refractivity contribution < 1.29 is 9.72 Å². The van der Waals surface area contributed by atoms with Crippen LogP contribution in [0.1, 0.15) is 10.4 Å². The predicted molar refractivity (Wildman–Crippen MR) is 75.3 cm³/mol. The molecule has 20 heavy (non-hydrogen) atoms. The van der Waals surface area contributed by atoms with E-state index < -0.39 is 10.8 Å². The highest BCUT2D eigenvalue weighted by Crippen LogP contribution is 2.27. The number of carbonyl (C=O) groups excluding carboxylic acids is 1. The van der Waals surface area contributed by atoms with Crippen LogP contribution in [-0.2, 0) is 0 Å². The first-order valence-corrected chi connectivity index (χ1v) is 6.11. The van der Waals surface area contributed by atoms with Gasteiger partial charge in [-0.25, -0.2) is 4.98 Å². The summed E-state index contributed by atoms with van der Waals surface area (Å²) in [6.07, 6.45) is 1.33. The van der Waals surface area contributed by atoms with E-state index in [1.807, 2.05) is 0 Å². The maximum Gasteiger partial charge on any atom is 0.311 e. The Morgan fingerprint density at radius 1 is 1.20 bits per heavy atom. The summed E-state index contributed by atoms with van der Waals surface area (Å²) in [5.74, 6) is -0.833. The van der Waals surface area contributed by atoms with Crippen LogP contribution in [0.4, 0.5) is 11.5 Å². The molecule has 0 bridgehead atoms. The Bertz CT molecular complexity index is 671. The van der Waals surface area contributed by atoms with Crippen molar-refractivity contribution >= 4 is 40.6 Å². The quantitative estimate of drug-likeness (QED) is 0.693. The van der Waals surface area contributed by atoms with Crippen LogP contribution >= 0.6 is 23.2 Å². The molecule has 0 aliphatic heterocycles. The van der Waals surface area contributed by atoms with Crippen LogP contribution in [0.3, 0.4) is 0 Å². The summed E-state index contributed by atoms with van der Waals surface area (Å²) in [4.78, 5) is 26.0. The largest absolute Gasteiger partial charge is 0.311 e. The molecule has 0 saturated heterocycles. The standard InChI is InChI=1S/C12H7Cl2N3O3/c13-7-3-1-4-8(14)10(7)12(18)16-11-9(17(19)20)5-2-6-15-11/h1-6H,(H,15,16,18). The number of nitro groups is 1. The number of hydrogen-bond donors (Lipinski definition) is 1. The van der Waals surface area contributed by atoms with Gasteiger partial charge in [0.15, 0.2) is 0 Å². The number of pyridine rings is 1. The first-order chi connectivity index (χ1) is 9.50. The van der Waals surface area contributed by atoms with Crippen molar-refractivity contribution in [3.63, 3.8) is 0 Å². The number of nitrogens with one attached hydrogen (secondary N) is 1. The summed E-state index contributed by atoms with van der Waals surface area (Å²) < 4.78 is 0. The Labute approximate surface area is 123 Å². The molecule has 102 valence electrons. The van der Waals surface area contributed by atoms with Gasteiger partial charge in [0.05, 0.1) is 20.5 Å².